The fraction of sp³-hybridized carbons (Fsp3) is 1.00. The van der Waals surface area contributed by atoms with E-state index in [2.05, 4.69) is 30.4 Å². The Labute approximate surface area is 101 Å². The van der Waals surface area contributed by atoms with E-state index in [1.54, 1.807) is 0 Å². The molecule has 0 bridgehead atoms. The van der Waals surface area contributed by atoms with Gasteiger partial charge in [-0.3, -0.25) is 0 Å². The summed E-state index contributed by atoms with van der Waals surface area (Å²) in [6.45, 7) is 4.14. The molecule has 2 aliphatic heterocycles. The lowest BCUT2D eigenvalue weighted by Gasteiger charge is -2.37. The van der Waals surface area contributed by atoms with Crippen LogP contribution in [0.5, 0.6) is 0 Å². The lowest BCUT2D eigenvalue weighted by Crippen LogP contribution is -2.48. The first-order valence-corrected chi connectivity index (χ1v) is 7.95. The minimum Gasteiger partial charge on any atom is -0.381 e. The fourth-order valence-electron chi connectivity index (χ4n) is 2.41. The van der Waals surface area contributed by atoms with Crippen LogP contribution in [0.3, 0.4) is 0 Å². The van der Waals surface area contributed by atoms with Crippen LogP contribution in [0.1, 0.15) is 19.8 Å². The van der Waals surface area contributed by atoms with E-state index in [1.165, 1.54) is 24.3 Å². The van der Waals surface area contributed by atoms with Gasteiger partial charge in [0.1, 0.15) is 0 Å². The Morgan fingerprint density at radius 3 is 2.80 bits per heavy atom. The van der Waals surface area contributed by atoms with E-state index in [0.29, 0.717) is 22.5 Å². The molecule has 88 valence electrons. The molecule has 2 rings (SSSR count). The summed E-state index contributed by atoms with van der Waals surface area (Å²) >= 11 is 4.15. The summed E-state index contributed by atoms with van der Waals surface area (Å²) in [5.41, 5.74) is 6.40. The standard InChI is InChI=1S/C11H21NOS2/c1-8-11(15-6-5-14-8)10(12)9-3-2-4-13-7-9/h8-11H,2-7,12H2,1H3. The van der Waals surface area contributed by atoms with Crippen molar-refractivity contribution in [2.24, 2.45) is 11.7 Å². The lowest BCUT2D eigenvalue weighted by molar-refractivity contribution is 0.0447. The van der Waals surface area contributed by atoms with E-state index in [-0.39, 0.29) is 0 Å². The van der Waals surface area contributed by atoms with Crippen LogP contribution in [-0.4, -0.2) is 41.3 Å². The Bertz CT molecular complexity index is 197. The van der Waals surface area contributed by atoms with Crippen LogP contribution in [0.15, 0.2) is 0 Å². The van der Waals surface area contributed by atoms with Crippen LogP contribution in [0.25, 0.3) is 0 Å². The van der Waals surface area contributed by atoms with Gasteiger partial charge in [-0.1, -0.05) is 6.92 Å². The van der Waals surface area contributed by atoms with Crippen molar-refractivity contribution in [3.8, 4) is 0 Å². The number of thioether (sulfide) groups is 2. The Morgan fingerprint density at radius 2 is 2.13 bits per heavy atom. The molecule has 4 atom stereocenters. The molecular weight excluding hydrogens is 226 g/mol. The van der Waals surface area contributed by atoms with Gasteiger partial charge in [-0.25, -0.2) is 0 Å². The van der Waals surface area contributed by atoms with Gasteiger partial charge in [-0.15, -0.1) is 0 Å². The summed E-state index contributed by atoms with van der Waals surface area (Å²) in [5.74, 6) is 3.15. The Morgan fingerprint density at radius 1 is 1.33 bits per heavy atom. The first kappa shape index (κ1) is 12.1. The molecule has 15 heavy (non-hydrogen) atoms. The molecule has 0 aliphatic carbocycles. The molecule has 0 amide bonds. The van der Waals surface area contributed by atoms with Crippen molar-refractivity contribution in [2.75, 3.05) is 24.7 Å². The predicted molar refractivity (Wildman–Crippen MR) is 69.7 cm³/mol. The summed E-state index contributed by atoms with van der Waals surface area (Å²) < 4.78 is 5.53. The van der Waals surface area contributed by atoms with Gasteiger partial charge in [-0.2, -0.15) is 23.5 Å². The number of rotatable bonds is 2. The van der Waals surface area contributed by atoms with E-state index in [1.807, 2.05) is 0 Å². The predicted octanol–water partition coefficient (Wildman–Crippen LogP) is 1.98. The third kappa shape index (κ3) is 3.05. The summed E-state index contributed by atoms with van der Waals surface area (Å²) in [6.07, 6.45) is 2.45. The molecule has 2 fully saturated rings. The molecular formula is C11H21NOS2. The highest BCUT2D eigenvalue weighted by atomic mass is 32.2. The zero-order valence-electron chi connectivity index (χ0n) is 9.35. The van der Waals surface area contributed by atoms with E-state index in [0.717, 1.165) is 13.2 Å². The average Bonchev–Trinajstić information content (AvgIpc) is 2.30. The molecule has 2 saturated heterocycles. The van der Waals surface area contributed by atoms with Crippen LogP contribution in [0.4, 0.5) is 0 Å². The average molecular weight is 247 g/mol. The molecule has 0 aromatic rings. The lowest BCUT2D eigenvalue weighted by atomic mass is 9.91. The maximum absolute atomic E-state index is 6.40. The smallest absolute Gasteiger partial charge is 0.0509 e. The number of ether oxygens (including phenoxy) is 1. The Hall–Kier alpha value is 0.620. The van der Waals surface area contributed by atoms with Gasteiger partial charge in [0.25, 0.3) is 0 Å². The van der Waals surface area contributed by atoms with Crippen molar-refractivity contribution in [2.45, 2.75) is 36.3 Å². The summed E-state index contributed by atoms with van der Waals surface area (Å²) in [6, 6.07) is 0.332. The van der Waals surface area contributed by atoms with Gasteiger partial charge in [0, 0.05) is 34.7 Å². The third-order valence-corrected chi connectivity index (χ3v) is 6.59. The van der Waals surface area contributed by atoms with Crippen LogP contribution in [0, 0.1) is 5.92 Å². The summed E-state index contributed by atoms with van der Waals surface area (Å²) in [4.78, 5) is 0. The van der Waals surface area contributed by atoms with Gasteiger partial charge in [0.05, 0.1) is 6.61 Å². The highest BCUT2D eigenvalue weighted by Crippen LogP contribution is 2.35. The molecule has 2 nitrogen and oxygen atoms in total. The zero-order valence-corrected chi connectivity index (χ0v) is 11.0. The van der Waals surface area contributed by atoms with E-state index >= 15 is 0 Å². The normalized spacial score (nSPS) is 40.0. The minimum atomic E-state index is 0.332. The van der Waals surface area contributed by atoms with Gasteiger partial charge < -0.3 is 10.5 Å². The molecule has 0 aromatic heterocycles. The van der Waals surface area contributed by atoms with Gasteiger partial charge in [0.15, 0.2) is 0 Å². The Balaban J connectivity index is 1.89. The van der Waals surface area contributed by atoms with Crippen molar-refractivity contribution < 1.29 is 4.74 Å². The number of nitrogens with two attached hydrogens (primary N) is 1. The molecule has 4 heteroatoms. The molecule has 0 saturated carbocycles. The van der Waals surface area contributed by atoms with Gasteiger partial charge in [-0.05, 0) is 18.8 Å². The maximum Gasteiger partial charge on any atom is 0.0509 e. The summed E-state index contributed by atoms with van der Waals surface area (Å²) in [5, 5.41) is 1.34. The van der Waals surface area contributed by atoms with Gasteiger partial charge >= 0.3 is 0 Å². The second-order valence-electron chi connectivity index (χ2n) is 4.47. The highest BCUT2D eigenvalue weighted by molar-refractivity contribution is 8.07. The van der Waals surface area contributed by atoms with Crippen LogP contribution in [0.2, 0.25) is 0 Å². The molecule has 0 aromatic carbocycles. The highest BCUT2D eigenvalue weighted by Gasteiger charge is 2.33. The van der Waals surface area contributed by atoms with Crippen LogP contribution in [-0.2, 0) is 4.74 Å². The monoisotopic (exact) mass is 247 g/mol. The number of hydrogen-bond donors (Lipinski definition) is 1. The molecule has 2 heterocycles. The van der Waals surface area contributed by atoms with E-state index < -0.39 is 0 Å². The van der Waals surface area contributed by atoms with Crippen LogP contribution >= 0.6 is 23.5 Å². The largest absolute Gasteiger partial charge is 0.381 e. The topological polar surface area (TPSA) is 35.2 Å². The second kappa shape index (κ2) is 5.80. The van der Waals surface area contributed by atoms with Gasteiger partial charge in [0.2, 0.25) is 0 Å². The first-order chi connectivity index (χ1) is 7.29. The van der Waals surface area contributed by atoms with Crippen molar-refractivity contribution in [3.05, 3.63) is 0 Å². The Kier molecular flexibility index (Phi) is 4.68. The minimum absolute atomic E-state index is 0.332. The van der Waals surface area contributed by atoms with Crippen molar-refractivity contribution in [1.29, 1.82) is 0 Å². The molecule has 2 aliphatic rings. The second-order valence-corrected chi connectivity index (χ2v) is 7.24. The molecule has 2 N–H and O–H groups in total. The quantitative estimate of drug-likeness (QED) is 0.809. The summed E-state index contributed by atoms with van der Waals surface area (Å²) in [7, 11) is 0. The zero-order chi connectivity index (χ0) is 10.7. The molecule has 0 radical (unpaired) electrons. The number of hydrogen-bond acceptors (Lipinski definition) is 4. The maximum atomic E-state index is 6.40. The van der Waals surface area contributed by atoms with Crippen molar-refractivity contribution in [3.63, 3.8) is 0 Å². The SMILES string of the molecule is CC1SCCSC1C(N)C1CCCOC1. The first-order valence-electron chi connectivity index (χ1n) is 5.85. The van der Waals surface area contributed by atoms with Crippen molar-refractivity contribution >= 4 is 23.5 Å². The fourth-order valence-corrected chi connectivity index (χ4v) is 5.38. The molecule has 4 unspecified atom stereocenters. The van der Waals surface area contributed by atoms with Crippen LogP contribution < -0.4 is 5.73 Å². The molecule has 0 spiro atoms. The van der Waals surface area contributed by atoms with E-state index in [4.69, 9.17) is 10.5 Å². The van der Waals surface area contributed by atoms with E-state index in [9.17, 15) is 0 Å². The third-order valence-electron chi connectivity index (χ3n) is 3.36. The van der Waals surface area contributed by atoms with Crippen molar-refractivity contribution in [1.82, 2.24) is 0 Å².